The van der Waals surface area contributed by atoms with Gasteiger partial charge in [0.05, 0.1) is 12.7 Å². The minimum Gasteiger partial charge on any atom is -0.366 e. The molecule has 0 spiro atoms. The van der Waals surface area contributed by atoms with E-state index in [0.717, 1.165) is 16.8 Å². The van der Waals surface area contributed by atoms with Crippen molar-refractivity contribution in [2.45, 2.75) is 26.6 Å². The summed E-state index contributed by atoms with van der Waals surface area (Å²) in [6.45, 7) is 4.85. The Morgan fingerprint density at radius 3 is 2.93 bits per heavy atom. The van der Waals surface area contributed by atoms with Gasteiger partial charge in [-0.2, -0.15) is 5.10 Å². The number of carbonyl (C=O) groups is 1. The summed E-state index contributed by atoms with van der Waals surface area (Å²) in [5.74, 6) is -0.387. The summed E-state index contributed by atoms with van der Waals surface area (Å²) in [5, 5.41) is 7.72. The van der Waals surface area contributed by atoms with Crippen LogP contribution in [-0.4, -0.2) is 33.3 Å². The van der Waals surface area contributed by atoms with Crippen molar-refractivity contribution in [1.82, 2.24) is 20.0 Å². The van der Waals surface area contributed by atoms with Crippen LogP contribution >= 0.6 is 0 Å². The maximum absolute atomic E-state index is 13.7. The average molecular weight is 377 g/mol. The van der Waals surface area contributed by atoms with Crippen LogP contribution in [0.1, 0.15) is 28.5 Å². The summed E-state index contributed by atoms with van der Waals surface area (Å²) in [6, 6.07) is 4.78. The molecule has 3 aliphatic heterocycles. The number of benzene rings is 1. The Morgan fingerprint density at radius 2 is 2.11 bits per heavy atom. The Labute approximate surface area is 162 Å². The third-order valence-electron chi connectivity index (χ3n) is 5.49. The van der Waals surface area contributed by atoms with Crippen LogP contribution in [0.25, 0.3) is 5.57 Å². The Bertz CT molecular complexity index is 1080. The number of rotatable bonds is 2. The lowest BCUT2D eigenvalue weighted by atomic mass is 10.0. The molecule has 1 atom stereocenters. The second-order valence-corrected chi connectivity index (χ2v) is 7.27. The third-order valence-corrected chi connectivity index (χ3v) is 5.49. The van der Waals surface area contributed by atoms with Crippen LogP contribution in [0.2, 0.25) is 0 Å². The van der Waals surface area contributed by atoms with Crippen LogP contribution in [0.5, 0.6) is 0 Å². The number of nitrogens with zero attached hydrogens (tertiary/aromatic N) is 4. The molecule has 1 aromatic carbocycles. The first-order valence-electron chi connectivity index (χ1n) is 9.28. The van der Waals surface area contributed by atoms with Gasteiger partial charge in [0.2, 0.25) is 0 Å². The van der Waals surface area contributed by atoms with E-state index in [9.17, 15) is 9.18 Å². The molecule has 1 N–H and O–H groups in total. The SMILES string of the molecule is CC1=CNC2C=CC(c3cnn4c3C(=O)N(c3ccc(F)c(C)c3)CC4)=CN12. The van der Waals surface area contributed by atoms with E-state index >= 15 is 0 Å². The molecule has 5 rings (SSSR count). The monoisotopic (exact) mass is 377 g/mol. The number of allylic oxidation sites excluding steroid dienone is 3. The molecule has 142 valence electrons. The first kappa shape index (κ1) is 16.8. The zero-order valence-corrected chi connectivity index (χ0v) is 15.7. The first-order valence-corrected chi connectivity index (χ1v) is 9.28. The van der Waals surface area contributed by atoms with Gasteiger partial charge in [-0.3, -0.25) is 9.48 Å². The topological polar surface area (TPSA) is 53.4 Å². The molecule has 0 fully saturated rings. The Kier molecular flexibility index (Phi) is 3.65. The van der Waals surface area contributed by atoms with Crippen LogP contribution in [0.15, 0.2) is 54.6 Å². The molecule has 7 heteroatoms. The van der Waals surface area contributed by atoms with E-state index in [1.165, 1.54) is 6.07 Å². The average Bonchev–Trinajstić information content (AvgIpc) is 3.29. The maximum Gasteiger partial charge on any atom is 0.277 e. The molecule has 1 aromatic heterocycles. The molecule has 0 saturated carbocycles. The van der Waals surface area contributed by atoms with E-state index in [0.29, 0.717) is 30.0 Å². The van der Waals surface area contributed by atoms with Gasteiger partial charge in [0.1, 0.15) is 17.7 Å². The number of aromatic nitrogens is 2. The number of fused-ring (bicyclic) bond motifs is 2. The highest BCUT2D eigenvalue weighted by Crippen LogP contribution is 2.31. The number of carbonyl (C=O) groups excluding carboxylic acids is 1. The Morgan fingerprint density at radius 1 is 1.25 bits per heavy atom. The van der Waals surface area contributed by atoms with Crippen molar-refractivity contribution in [2.75, 3.05) is 11.4 Å². The molecule has 0 aliphatic carbocycles. The number of hydrogen-bond donors (Lipinski definition) is 1. The normalized spacial score (nSPS) is 20.5. The van der Waals surface area contributed by atoms with Gasteiger partial charge in [0.25, 0.3) is 5.91 Å². The van der Waals surface area contributed by atoms with Gasteiger partial charge in [-0.05, 0) is 43.7 Å². The smallest absolute Gasteiger partial charge is 0.277 e. The molecule has 1 unspecified atom stereocenters. The summed E-state index contributed by atoms with van der Waals surface area (Å²) in [6.07, 6.45) is 9.98. The van der Waals surface area contributed by atoms with Gasteiger partial charge >= 0.3 is 0 Å². The molecular formula is C21H20FN5O. The van der Waals surface area contributed by atoms with Gasteiger partial charge in [0.15, 0.2) is 0 Å². The molecule has 1 amide bonds. The van der Waals surface area contributed by atoms with E-state index in [1.807, 2.05) is 25.4 Å². The summed E-state index contributed by atoms with van der Waals surface area (Å²) in [4.78, 5) is 17.1. The fourth-order valence-electron chi connectivity index (χ4n) is 3.92. The van der Waals surface area contributed by atoms with Gasteiger partial charge < -0.3 is 15.1 Å². The molecule has 0 radical (unpaired) electrons. The number of aryl methyl sites for hydroxylation is 1. The summed E-state index contributed by atoms with van der Waals surface area (Å²) in [5.41, 5.74) is 4.66. The molecular weight excluding hydrogens is 357 g/mol. The van der Waals surface area contributed by atoms with Crippen molar-refractivity contribution in [1.29, 1.82) is 0 Å². The van der Waals surface area contributed by atoms with Crippen molar-refractivity contribution >= 4 is 17.2 Å². The largest absolute Gasteiger partial charge is 0.366 e. The molecule has 3 aliphatic rings. The minimum atomic E-state index is -0.270. The van der Waals surface area contributed by atoms with Gasteiger partial charge in [0, 0.05) is 41.5 Å². The lowest BCUT2D eigenvalue weighted by molar-refractivity contribution is 0.0962. The molecule has 4 heterocycles. The third kappa shape index (κ3) is 2.46. The van der Waals surface area contributed by atoms with E-state index in [4.69, 9.17) is 0 Å². The second-order valence-electron chi connectivity index (χ2n) is 7.27. The zero-order valence-electron chi connectivity index (χ0n) is 15.7. The minimum absolute atomic E-state index is 0.115. The maximum atomic E-state index is 13.7. The van der Waals surface area contributed by atoms with Crippen LogP contribution in [0.4, 0.5) is 10.1 Å². The standard InChI is InChI=1S/C21H20FN5O/c1-13-9-16(4-5-18(13)22)25-7-8-27-20(21(25)28)17(11-24-27)15-3-6-19-23-10-14(2)26(19)12-15/h3-6,9-12,19,23H,7-8H2,1-2H3. The van der Waals surface area contributed by atoms with E-state index in [1.54, 1.807) is 34.8 Å². The summed E-state index contributed by atoms with van der Waals surface area (Å²) < 4.78 is 15.4. The molecule has 6 nitrogen and oxygen atoms in total. The van der Waals surface area contributed by atoms with Crippen molar-refractivity contribution in [2.24, 2.45) is 0 Å². The fourth-order valence-corrected chi connectivity index (χ4v) is 3.92. The highest BCUT2D eigenvalue weighted by atomic mass is 19.1. The number of anilines is 1. The van der Waals surface area contributed by atoms with Gasteiger partial charge in [-0.1, -0.05) is 6.08 Å². The van der Waals surface area contributed by atoms with Gasteiger partial charge in [-0.25, -0.2) is 4.39 Å². The highest BCUT2D eigenvalue weighted by Gasteiger charge is 2.32. The van der Waals surface area contributed by atoms with Crippen molar-refractivity contribution in [3.05, 3.63) is 77.3 Å². The quantitative estimate of drug-likeness (QED) is 0.874. The number of halogens is 1. The Balaban J connectivity index is 1.52. The Hall–Kier alpha value is -3.35. The predicted octanol–water partition coefficient (Wildman–Crippen LogP) is 2.99. The van der Waals surface area contributed by atoms with Crippen LogP contribution < -0.4 is 10.2 Å². The molecule has 2 aromatic rings. The zero-order chi connectivity index (χ0) is 19.4. The van der Waals surface area contributed by atoms with E-state index in [-0.39, 0.29) is 17.9 Å². The first-order chi connectivity index (χ1) is 13.5. The molecule has 28 heavy (non-hydrogen) atoms. The van der Waals surface area contributed by atoms with Crippen LogP contribution in [-0.2, 0) is 6.54 Å². The van der Waals surface area contributed by atoms with Gasteiger partial charge in [-0.15, -0.1) is 0 Å². The number of amides is 1. The molecule has 0 saturated heterocycles. The van der Waals surface area contributed by atoms with Crippen molar-refractivity contribution in [3.8, 4) is 0 Å². The summed E-state index contributed by atoms with van der Waals surface area (Å²) >= 11 is 0. The van der Waals surface area contributed by atoms with E-state index < -0.39 is 0 Å². The lowest BCUT2D eigenvalue weighted by Crippen LogP contribution is -2.41. The number of hydrogen-bond acceptors (Lipinski definition) is 4. The lowest BCUT2D eigenvalue weighted by Gasteiger charge is -2.29. The second kappa shape index (κ2) is 6.09. The number of nitrogens with one attached hydrogen (secondary N) is 1. The van der Waals surface area contributed by atoms with Crippen molar-refractivity contribution < 1.29 is 9.18 Å². The predicted molar refractivity (Wildman–Crippen MR) is 105 cm³/mol. The highest BCUT2D eigenvalue weighted by molar-refractivity contribution is 6.09. The fraction of sp³-hybridized carbons (Fsp3) is 0.238. The van der Waals surface area contributed by atoms with E-state index in [2.05, 4.69) is 21.4 Å². The van der Waals surface area contributed by atoms with Crippen LogP contribution in [0.3, 0.4) is 0 Å². The molecule has 0 bridgehead atoms. The summed E-state index contributed by atoms with van der Waals surface area (Å²) in [7, 11) is 0. The van der Waals surface area contributed by atoms with Crippen molar-refractivity contribution in [3.63, 3.8) is 0 Å². The van der Waals surface area contributed by atoms with Crippen LogP contribution in [0, 0.1) is 12.7 Å².